The van der Waals surface area contributed by atoms with Crippen molar-refractivity contribution < 1.29 is 0 Å². The fourth-order valence-electron chi connectivity index (χ4n) is 4.37. The van der Waals surface area contributed by atoms with Crippen molar-refractivity contribution in [3.05, 3.63) is 108 Å². The van der Waals surface area contributed by atoms with Gasteiger partial charge in [0.05, 0.1) is 11.7 Å². The first-order chi connectivity index (χ1) is 16.1. The molecule has 7 heteroatoms. The van der Waals surface area contributed by atoms with Crippen LogP contribution in [0.2, 0.25) is 0 Å². The van der Waals surface area contributed by atoms with E-state index in [0.29, 0.717) is 5.11 Å². The fraction of sp³-hybridized carbons (Fsp3) is 0.192. The zero-order valence-electron chi connectivity index (χ0n) is 18.7. The molecule has 1 aromatic carbocycles. The second-order valence-corrected chi connectivity index (χ2v) is 8.72. The molecule has 4 heterocycles. The molecule has 2 atom stereocenters. The highest BCUT2D eigenvalue weighted by molar-refractivity contribution is 7.80. The van der Waals surface area contributed by atoms with E-state index < -0.39 is 0 Å². The Hall–Kier alpha value is -3.71. The number of rotatable bonds is 6. The lowest BCUT2D eigenvalue weighted by molar-refractivity contribution is 0.533. The molecule has 5 rings (SSSR count). The number of thiocarbonyl (C=S) groups is 1. The summed E-state index contributed by atoms with van der Waals surface area (Å²) < 4.78 is 2.27. The number of nitrogens with zero attached hydrogens (tertiary/aromatic N) is 5. The number of benzene rings is 1. The largest absolute Gasteiger partial charge is 0.378 e. The normalized spacial score (nSPS) is 17.8. The van der Waals surface area contributed by atoms with Crippen molar-refractivity contribution in [1.29, 1.82) is 0 Å². The van der Waals surface area contributed by atoms with E-state index in [1.807, 2.05) is 44.7 Å². The Morgan fingerprint density at radius 1 is 0.970 bits per heavy atom. The van der Waals surface area contributed by atoms with Crippen molar-refractivity contribution in [1.82, 2.24) is 19.9 Å². The molecule has 1 aliphatic rings. The first-order valence-electron chi connectivity index (χ1n) is 10.9. The van der Waals surface area contributed by atoms with Crippen LogP contribution in [0.4, 0.5) is 11.4 Å². The van der Waals surface area contributed by atoms with Gasteiger partial charge >= 0.3 is 0 Å². The summed E-state index contributed by atoms with van der Waals surface area (Å²) in [7, 11) is 4.09. The van der Waals surface area contributed by atoms with E-state index in [2.05, 4.69) is 84.4 Å². The van der Waals surface area contributed by atoms with Crippen LogP contribution in [-0.4, -0.2) is 33.7 Å². The maximum absolute atomic E-state index is 5.87. The summed E-state index contributed by atoms with van der Waals surface area (Å²) in [6.45, 7) is 0.738. The number of nitrogens with one attached hydrogen (secondary N) is 1. The minimum Gasteiger partial charge on any atom is -0.378 e. The molecule has 0 amide bonds. The molecular formula is C26H26N6S. The van der Waals surface area contributed by atoms with Gasteiger partial charge < -0.3 is 19.7 Å². The van der Waals surface area contributed by atoms with Crippen LogP contribution in [0.1, 0.15) is 29.0 Å². The van der Waals surface area contributed by atoms with Gasteiger partial charge in [0.15, 0.2) is 5.11 Å². The van der Waals surface area contributed by atoms with E-state index in [1.54, 1.807) is 6.20 Å². The van der Waals surface area contributed by atoms with E-state index in [1.165, 1.54) is 5.69 Å². The SMILES string of the molecule is CN(C)c1ccc(N2C(=S)N[C@@H](c3ccccn3)[C@H]2c2cccn2Cc2cccnc2)cc1. The predicted molar refractivity (Wildman–Crippen MR) is 136 cm³/mol. The third kappa shape index (κ3) is 4.19. The molecule has 0 spiro atoms. The third-order valence-corrected chi connectivity index (χ3v) is 6.30. The molecule has 6 nitrogen and oxygen atoms in total. The summed E-state index contributed by atoms with van der Waals surface area (Å²) in [5.74, 6) is 0. The van der Waals surface area contributed by atoms with Gasteiger partial charge in [-0.1, -0.05) is 12.1 Å². The molecule has 0 unspecified atom stereocenters. The molecule has 0 radical (unpaired) electrons. The predicted octanol–water partition coefficient (Wildman–Crippen LogP) is 4.57. The first-order valence-corrected chi connectivity index (χ1v) is 11.3. The van der Waals surface area contributed by atoms with Crippen LogP contribution in [0, 0.1) is 0 Å². The molecular weight excluding hydrogens is 428 g/mol. The van der Waals surface area contributed by atoms with Gasteiger partial charge in [-0.3, -0.25) is 9.97 Å². The van der Waals surface area contributed by atoms with Crippen molar-refractivity contribution in [2.75, 3.05) is 23.9 Å². The molecule has 0 saturated carbocycles. The van der Waals surface area contributed by atoms with Crippen LogP contribution in [0.15, 0.2) is 91.5 Å². The smallest absolute Gasteiger partial charge is 0.174 e. The Kier molecular flexibility index (Phi) is 5.79. The Bertz CT molecular complexity index is 1220. The van der Waals surface area contributed by atoms with Crippen molar-refractivity contribution in [3.63, 3.8) is 0 Å². The summed E-state index contributed by atoms with van der Waals surface area (Å²) >= 11 is 5.87. The van der Waals surface area contributed by atoms with Crippen LogP contribution in [0.3, 0.4) is 0 Å². The third-order valence-electron chi connectivity index (χ3n) is 5.99. The quantitative estimate of drug-likeness (QED) is 0.431. The maximum Gasteiger partial charge on any atom is 0.174 e. The average molecular weight is 455 g/mol. The minimum atomic E-state index is -0.0743. The lowest BCUT2D eigenvalue weighted by Crippen LogP contribution is -2.30. The summed E-state index contributed by atoms with van der Waals surface area (Å²) in [4.78, 5) is 13.2. The molecule has 1 aliphatic heterocycles. The fourth-order valence-corrected chi connectivity index (χ4v) is 4.72. The molecule has 4 aromatic rings. The van der Waals surface area contributed by atoms with E-state index >= 15 is 0 Å². The van der Waals surface area contributed by atoms with Gasteiger partial charge in [-0.2, -0.15) is 0 Å². The molecule has 1 N–H and O–H groups in total. The van der Waals surface area contributed by atoms with Gasteiger partial charge in [0.2, 0.25) is 0 Å². The van der Waals surface area contributed by atoms with Gasteiger partial charge in [-0.15, -0.1) is 0 Å². The number of anilines is 2. The highest BCUT2D eigenvalue weighted by Crippen LogP contribution is 2.42. The summed E-state index contributed by atoms with van der Waals surface area (Å²) in [6.07, 6.45) is 7.66. The number of pyridine rings is 2. The molecule has 1 fully saturated rings. The standard InChI is InChI=1S/C26H26N6S/c1-30(2)20-10-12-21(13-11-20)32-25(24(29-26(32)33)22-8-3-4-15-28-22)23-9-6-16-31(23)18-19-7-5-14-27-17-19/h3-17,24-25H,18H2,1-2H3,(H,29,33)/t24-,25+/m0/s1. The molecule has 33 heavy (non-hydrogen) atoms. The summed E-state index contributed by atoms with van der Waals surface area (Å²) in [5, 5.41) is 4.24. The molecule has 166 valence electrons. The summed E-state index contributed by atoms with van der Waals surface area (Å²) in [6, 6.07) is 22.7. The first kappa shape index (κ1) is 21.2. The van der Waals surface area contributed by atoms with Gasteiger partial charge in [0, 0.05) is 62.5 Å². The lowest BCUT2D eigenvalue weighted by Gasteiger charge is -2.29. The topological polar surface area (TPSA) is 49.2 Å². The molecule has 1 saturated heterocycles. The Labute approximate surface area is 199 Å². The van der Waals surface area contributed by atoms with Gasteiger partial charge in [0.1, 0.15) is 6.04 Å². The molecule has 0 aliphatic carbocycles. The lowest BCUT2D eigenvalue weighted by atomic mass is 10.0. The average Bonchev–Trinajstić information content (AvgIpc) is 3.44. The van der Waals surface area contributed by atoms with Crippen LogP contribution in [0.25, 0.3) is 0 Å². The second-order valence-electron chi connectivity index (χ2n) is 8.33. The molecule has 0 bridgehead atoms. The van der Waals surface area contributed by atoms with Crippen LogP contribution in [0.5, 0.6) is 0 Å². The van der Waals surface area contributed by atoms with Crippen molar-refractivity contribution in [2.24, 2.45) is 0 Å². The van der Waals surface area contributed by atoms with Crippen molar-refractivity contribution >= 4 is 28.7 Å². The van der Waals surface area contributed by atoms with Crippen molar-refractivity contribution in [3.8, 4) is 0 Å². The molecule has 3 aromatic heterocycles. The van der Waals surface area contributed by atoms with Crippen LogP contribution < -0.4 is 15.1 Å². The van der Waals surface area contributed by atoms with Crippen LogP contribution in [-0.2, 0) is 6.54 Å². The Morgan fingerprint density at radius 3 is 2.52 bits per heavy atom. The van der Waals surface area contributed by atoms with Gasteiger partial charge in [0.25, 0.3) is 0 Å². The number of aromatic nitrogens is 3. The zero-order valence-corrected chi connectivity index (χ0v) is 19.5. The monoisotopic (exact) mass is 454 g/mol. The zero-order chi connectivity index (χ0) is 22.8. The van der Waals surface area contributed by atoms with Crippen LogP contribution >= 0.6 is 12.2 Å². The van der Waals surface area contributed by atoms with E-state index in [0.717, 1.165) is 29.2 Å². The number of hydrogen-bond donors (Lipinski definition) is 1. The van der Waals surface area contributed by atoms with E-state index in [-0.39, 0.29) is 12.1 Å². The minimum absolute atomic E-state index is 0.0516. The second kappa shape index (κ2) is 9.03. The Morgan fingerprint density at radius 2 is 1.82 bits per heavy atom. The van der Waals surface area contributed by atoms with E-state index in [4.69, 9.17) is 12.2 Å². The highest BCUT2D eigenvalue weighted by Gasteiger charge is 2.42. The highest BCUT2D eigenvalue weighted by atomic mass is 32.1. The van der Waals surface area contributed by atoms with Gasteiger partial charge in [-0.25, -0.2) is 0 Å². The summed E-state index contributed by atoms with van der Waals surface area (Å²) in [5.41, 5.74) is 5.48. The Balaban J connectivity index is 1.58. The van der Waals surface area contributed by atoms with Crippen molar-refractivity contribution in [2.45, 2.75) is 18.6 Å². The van der Waals surface area contributed by atoms with Gasteiger partial charge in [-0.05, 0) is 72.4 Å². The van der Waals surface area contributed by atoms with E-state index in [9.17, 15) is 0 Å². The maximum atomic E-state index is 5.87. The number of hydrogen-bond acceptors (Lipinski definition) is 4.